The van der Waals surface area contributed by atoms with Crippen molar-refractivity contribution in [1.29, 1.82) is 0 Å². The molecule has 5 heteroatoms. The van der Waals surface area contributed by atoms with Gasteiger partial charge in [-0.3, -0.25) is 4.79 Å². The Kier molecular flexibility index (Phi) is 6.69. The second-order valence-electron chi connectivity index (χ2n) is 4.65. The van der Waals surface area contributed by atoms with Gasteiger partial charge in [0.25, 0.3) is 5.91 Å². The Hall–Kier alpha value is -0.710. The zero-order valence-corrected chi connectivity index (χ0v) is 13.1. The van der Waals surface area contributed by atoms with E-state index in [9.17, 15) is 4.79 Å². The molecule has 19 heavy (non-hydrogen) atoms. The second kappa shape index (κ2) is 7.78. The summed E-state index contributed by atoms with van der Waals surface area (Å²) in [6, 6.07) is 5.06. The van der Waals surface area contributed by atoms with Crippen molar-refractivity contribution in [2.24, 2.45) is 5.92 Å². The van der Waals surface area contributed by atoms with E-state index in [0.29, 0.717) is 28.7 Å². The summed E-state index contributed by atoms with van der Waals surface area (Å²) >= 11 is 10.3. The minimum absolute atomic E-state index is 0.0351. The molecule has 0 heterocycles. The van der Waals surface area contributed by atoms with E-state index >= 15 is 0 Å². The maximum absolute atomic E-state index is 12.2. The summed E-state index contributed by atoms with van der Waals surface area (Å²) < 4.78 is 5.38. The number of amides is 1. The lowest BCUT2D eigenvalue weighted by Crippen LogP contribution is -2.42. The fourth-order valence-corrected chi connectivity index (χ4v) is 1.99. The van der Waals surface area contributed by atoms with E-state index in [4.69, 9.17) is 16.3 Å². The van der Waals surface area contributed by atoms with Gasteiger partial charge >= 0.3 is 0 Å². The first-order valence-electron chi connectivity index (χ1n) is 6.32. The zero-order valence-electron chi connectivity index (χ0n) is 11.4. The molecule has 0 aliphatic heterocycles. The van der Waals surface area contributed by atoms with E-state index in [1.165, 1.54) is 0 Å². The van der Waals surface area contributed by atoms with Crippen LogP contribution in [-0.4, -0.2) is 25.2 Å². The third-order valence-electron chi connectivity index (χ3n) is 2.82. The highest BCUT2D eigenvalue weighted by molar-refractivity contribution is 7.80. The van der Waals surface area contributed by atoms with Gasteiger partial charge in [0.2, 0.25) is 0 Å². The van der Waals surface area contributed by atoms with E-state index in [0.717, 1.165) is 0 Å². The first kappa shape index (κ1) is 16.3. The summed E-state index contributed by atoms with van der Waals surface area (Å²) in [5.41, 5.74) is 0.441. The smallest absolute Gasteiger partial charge is 0.253 e. The van der Waals surface area contributed by atoms with Gasteiger partial charge in [0, 0.05) is 11.5 Å². The number of ether oxygens (including phenoxy) is 1. The number of hydrogen-bond donors (Lipinski definition) is 2. The van der Waals surface area contributed by atoms with Crippen LogP contribution in [0.2, 0.25) is 5.02 Å². The summed E-state index contributed by atoms with van der Waals surface area (Å²) in [6.45, 7) is 7.14. The van der Waals surface area contributed by atoms with Gasteiger partial charge in [-0.15, -0.1) is 12.6 Å². The molecule has 0 radical (unpaired) electrons. The molecule has 1 N–H and O–H groups in total. The molecule has 106 valence electrons. The molecule has 1 aromatic rings. The molecule has 0 saturated heterocycles. The number of nitrogens with one attached hydrogen (secondary N) is 1. The third-order valence-corrected chi connectivity index (χ3v) is 3.43. The Bertz CT molecular complexity index is 437. The van der Waals surface area contributed by atoms with Crippen LogP contribution in [0, 0.1) is 5.92 Å². The molecular formula is C14H20ClNO2S. The Balaban J connectivity index is 2.78. The van der Waals surface area contributed by atoms with Crippen molar-refractivity contribution < 1.29 is 9.53 Å². The highest BCUT2D eigenvalue weighted by Crippen LogP contribution is 2.20. The monoisotopic (exact) mass is 301 g/mol. The molecule has 0 spiro atoms. The summed E-state index contributed by atoms with van der Waals surface area (Å²) in [5.74, 6) is 0.0905. The number of halogens is 1. The lowest BCUT2D eigenvalue weighted by atomic mass is 10.0. The molecule has 0 bridgehead atoms. The van der Waals surface area contributed by atoms with Crippen molar-refractivity contribution in [3.63, 3.8) is 0 Å². The van der Waals surface area contributed by atoms with Gasteiger partial charge in [-0.2, -0.15) is 0 Å². The van der Waals surface area contributed by atoms with Crippen molar-refractivity contribution in [3.8, 4) is 0 Å². The van der Waals surface area contributed by atoms with Gasteiger partial charge in [-0.25, -0.2) is 0 Å². The molecule has 3 nitrogen and oxygen atoms in total. The molecule has 0 aliphatic rings. The number of thiol groups is 1. The normalized spacial score (nSPS) is 12.5. The minimum atomic E-state index is -0.195. The Morgan fingerprint density at radius 2 is 2.16 bits per heavy atom. The molecule has 1 atom stereocenters. The number of rotatable bonds is 6. The lowest BCUT2D eigenvalue weighted by Gasteiger charge is -2.22. The number of carbonyl (C=O) groups is 1. The van der Waals surface area contributed by atoms with E-state index in [1.807, 2.05) is 20.8 Å². The van der Waals surface area contributed by atoms with Crippen molar-refractivity contribution in [3.05, 3.63) is 28.8 Å². The topological polar surface area (TPSA) is 38.3 Å². The van der Waals surface area contributed by atoms with Crippen LogP contribution in [0.1, 0.15) is 31.1 Å². The summed E-state index contributed by atoms with van der Waals surface area (Å²) in [7, 11) is 0. The Labute approximate surface area is 125 Å². The second-order valence-corrected chi connectivity index (χ2v) is 5.57. The zero-order chi connectivity index (χ0) is 14.4. The SMILES string of the molecule is CCOCC(NC(=O)c1cc(S)ccc1Cl)C(C)C. The van der Waals surface area contributed by atoms with Crippen molar-refractivity contribution in [1.82, 2.24) is 5.32 Å². The highest BCUT2D eigenvalue weighted by atomic mass is 35.5. The van der Waals surface area contributed by atoms with Gasteiger partial charge in [0.15, 0.2) is 0 Å². The summed E-state index contributed by atoms with van der Waals surface area (Å²) in [5, 5.41) is 3.38. The van der Waals surface area contributed by atoms with Crippen molar-refractivity contribution in [2.75, 3.05) is 13.2 Å². The molecule has 0 fully saturated rings. The van der Waals surface area contributed by atoms with Crippen LogP contribution >= 0.6 is 24.2 Å². The molecule has 0 aliphatic carbocycles. The quantitative estimate of drug-likeness (QED) is 0.790. The fourth-order valence-electron chi connectivity index (χ4n) is 1.58. The standard InChI is InChI=1S/C14H20ClNO2S/c1-4-18-8-13(9(2)3)16-14(17)11-7-10(19)5-6-12(11)15/h5-7,9,13,19H,4,8H2,1-3H3,(H,16,17). The fraction of sp³-hybridized carbons (Fsp3) is 0.500. The third kappa shape index (κ3) is 5.05. The Morgan fingerprint density at radius 3 is 2.74 bits per heavy atom. The number of benzene rings is 1. The van der Waals surface area contributed by atoms with Crippen LogP contribution in [0.4, 0.5) is 0 Å². The van der Waals surface area contributed by atoms with E-state index in [2.05, 4.69) is 17.9 Å². The average Bonchev–Trinajstić information content (AvgIpc) is 2.36. The minimum Gasteiger partial charge on any atom is -0.380 e. The maximum atomic E-state index is 12.2. The maximum Gasteiger partial charge on any atom is 0.253 e. The van der Waals surface area contributed by atoms with Crippen molar-refractivity contribution in [2.45, 2.75) is 31.7 Å². The first-order chi connectivity index (χ1) is 8.95. The summed E-state index contributed by atoms with van der Waals surface area (Å²) in [6.07, 6.45) is 0. The molecule has 1 amide bonds. The lowest BCUT2D eigenvalue weighted by molar-refractivity contribution is 0.0806. The average molecular weight is 302 g/mol. The largest absolute Gasteiger partial charge is 0.380 e. The van der Waals surface area contributed by atoms with Crippen LogP contribution < -0.4 is 5.32 Å². The molecule has 0 aromatic heterocycles. The van der Waals surface area contributed by atoms with Gasteiger partial charge in [0.05, 0.1) is 23.2 Å². The van der Waals surface area contributed by atoms with Crippen LogP contribution in [-0.2, 0) is 4.74 Å². The van der Waals surface area contributed by atoms with Crippen LogP contribution in [0.5, 0.6) is 0 Å². The van der Waals surface area contributed by atoms with Crippen LogP contribution in [0.25, 0.3) is 0 Å². The van der Waals surface area contributed by atoms with Crippen molar-refractivity contribution >= 4 is 30.1 Å². The number of hydrogen-bond acceptors (Lipinski definition) is 3. The van der Waals surface area contributed by atoms with Gasteiger partial charge in [-0.1, -0.05) is 25.4 Å². The summed E-state index contributed by atoms with van der Waals surface area (Å²) in [4.78, 5) is 12.9. The first-order valence-corrected chi connectivity index (χ1v) is 7.15. The van der Waals surface area contributed by atoms with Gasteiger partial charge in [-0.05, 0) is 31.0 Å². The van der Waals surface area contributed by atoms with Gasteiger partial charge < -0.3 is 10.1 Å². The molecule has 1 unspecified atom stereocenters. The van der Waals surface area contributed by atoms with Crippen LogP contribution in [0.15, 0.2) is 23.1 Å². The van der Waals surface area contributed by atoms with Crippen LogP contribution in [0.3, 0.4) is 0 Å². The molecule has 1 rings (SSSR count). The Morgan fingerprint density at radius 1 is 1.47 bits per heavy atom. The predicted octanol–water partition coefficient (Wildman–Crippen LogP) is 3.42. The van der Waals surface area contributed by atoms with Gasteiger partial charge in [0.1, 0.15) is 0 Å². The molecule has 1 aromatic carbocycles. The molecule has 0 saturated carbocycles. The van der Waals surface area contributed by atoms with E-state index < -0.39 is 0 Å². The highest BCUT2D eigenvalue weighted by Gasteiger charge is 2.19. The predicted molar refractivity (Wildman–Crippen MR) is 81.3 cm³/mol. The van der Waals surface area contributed by atoms with E-state index in [-0.39, 0.29) is 17.9 Å². The molecular weight excluding hydrogens is 282 g/mol. The van der Waals surface area contributed by atoms with E-state index in [1.54, 1.807) is 18.2 Å². The number of carbonyl (C=O) groups excluding carboxylic acids is 1.